The Morgan fingerprint density at radius 3 is 1.96 bits per heavy atom. The van der Waals surface area contributed by atoms with Gasteiger partial charge in [-0.05, 0) is 54.8 Å². The molecule has 0 aliphatic rings. The maximum absolute atomic E-state index is 13.0. The molecule has 1 amide bonds. The van der Waals surface area contributed by atoms with Crippen LogP contribution >= 0.6 is 0 Å². The first kappa shape index (κ1) is 16.8. The first-order valence-corrected chi connectivity index (χ1v) is 8.37. The minimum Gasteiger partial charge on any atom is -0.508 e. The second-order valence-corrected chi connectivity index (χ2v) is 5.96. The lowest BCUT2D eigenvalue weighted by Gasteiger charge is -2.23. The number of aryl methyl sites for hydroxylation is 1. The Labute approximate surface area is 148 Å². The Bertz CT molecular complexity index is 805. The summed E-state index contributed by atoms with van der Waals surface area (Å²) >= 11 is 0. The summed E-state index contributed by atoms with van der Waals surface area (Å²) in [5.41, 5.74) is 3.54. The quantitative estimate of drug-likeness (QED) is 0.715. The SMILES string of the molecule is Cc1c(O)cccc1CCC(=O)N(c1ccccc1)c1ccccc1. The molecule has 0 unspecified atom stereocenters. The maximum atomic E-state index is 13.0. The van der Waals surface area contributed by atoms with Crippen LogP contribution in [0.2, 0.25) is 0 Å². The number of aromatic hydroxyl groups is 1. The topological polar surface area (TPSA) is 40.5 Å². The largest absolute Gasteiger partial charge is 0.508 e. The van der Waals surface area contributed by atoms with Crippen LogP contribution in [0.1, 0.15) is 17.5 Å². The van der Waals surface area contributed by atoms with E-state index in [1.54, 1.807) is 11.0 Å². The molecule has 0 saturated carbocycles. The van der Waals surface area contributed by atoms with E-state index in [-0.39, 0.29) is 11.7 Å². The molecule has 3 aromatic rings. The normalized spacial score (nSPS) is 10.4. The molecule has 0 spiro atoms. The highest BCUT2D eigenvalue weighted by Gasteiger charge is 2.18. The number of phenolic OH excluding ortho intramolecular Hbond substituents is 1. The number of para-hydroxylation sites is 2. The van der Waals surface area contributed by atoms with Crippen LogP contribution in [0.15, 0.2) is 78.9 Å². The van der Waals surface area contributed by atoms with E-state index < -0.39 is 0 Å². The van der Waals surface area contributed by atoms with Crippen LogP contribution in [0.3, 0.4) is 0 Å². The number of hydrogen-bond donors (Lipinski definition) is 1. The fraction of sp³-hybridized carbons (Fsp3) is 0.136. The third-order valence-corrected chi connectivity index (χ3v) is 4.30. The molecule has 0 atom stereocenters. The lowest BCUT2D eigenvalue weighted by molar-refractivity contribution is -0.117. The van der Waals surface area contributed by atoms with Gasteiger partial charge in [-0.15, -0.1) is 0 Å². The molecule has 1 N–H and O–H groups in total. The molecule has 0 radical (unpaired) electrons. The molecule has 3 rings (SSSR count). The first-order valence-electron chi connectivity index (χ1n) is 8.37. The second-order valence-electron chi connectivity index (χ2n) is 5.96. The highest BCUT2D eigenvalue weighted by Crippen LogP contribution is 2.27. The van der Waals surface area contributed by atoms with Gasteiger partial charge in [-0.25, -0.2) is 0 Å². The van der Waals surface area contributed by atoms with Crippen molar-refractivity contribution in [2.45, 2.75) is 19.8 Å². The molecular weight excluding hydrogens is 310 g/mol. The molecule has 0 fully saturated rings. The van der Waals surface area contributed by atoms with Gasteiger partial charge in [0.2, 0.25) is 5.91 Å². The smallest absolute Gasteiger partial charge is 0.231 e. The summed E-state index contributed by atoms with van der Waals surface area (Å²) in [6, 6.07) is 24.8. The zero-order valence-corrected chi connectivity index (χ0v) is 14.2. The van der Waals surface area contributed by atoms with E-state index in [0.29, 0.717) is 12.8 Å². The first-order chi connectivity index (χ1) is 12.2. The molecule has 3 heteroatoms. The molecule has 0 aliphatic heterocycles. The van der Waals surface area contributed by atoms with E-state index in [0.717, 1.165) is 22.5 Å². The molecule has 3 nitrogen and oxygen atoms in total. The number of nitrogens with zero attached hydrogens (tertiary/aromatic N) is 1. The highest BCUT2D eigenvalue weighted by atomic mass is 16.3. The Kier molecular flexibility index (Phi) is 5.14. The number of amides is 1. The van der Waals surface area contributed by atoms with Crippen LogP contribution in [0.4, 0.5) is 11.4 Å². The summed E-state index contributed by atoms with van der Waals surface area (Å²) in [6.07, 6.45) is 0.962. The van der Waals surface area contributed by atoms with Crippen molar-refractivity contribution in [3.63, 3.8) is 0 Å². The number of carbonyl (C=O) groups excluding carboxylic acids is 1. The third kappa shape index (κ3) is 3.89. The van der Waals surface area contributed by atoms with Gasteiger partial charge in [0.05, 0.1) is 0 Å². The summed E-state index contributed by atoms with van der Waals surface area (Å²) in [4.78, 5) is 14.7. The lowest BCUT2D eigenvalue weighted by atomic mass is 10.0. The molecule has 3 aromatic carbocycles. The van der Waals surface area contributed by atoms with Gasteiger partial charge in [-0.1, -0.05) is 48.5 Å². The number of benzene rings is 3. The van der Waals surface area contributed by atoms with Crippen LogP contribution in [-0.4, -0.2) is 11.0 Å². The molecular formula is C22H21NO2. The van der Waals surface area contributed by atoms with Crippen molar-refractivity contribution in [2.75, 3.05) is 4.90 Å². The van der Waals surface area contributed by atoms with Gasteiger partial charge in [-0.2, -0.15) is 0 Å². The molecule has 25 heavy (non-hydrogen) atoms. The maximum Gasteiger partial charge on any atom is 0.231 e. The van der Waals surface area contributed by atoms with Crippen molar-refractivity contribution in [1.82, 2.24) is 0 Å². The van der Waals surface area contributed by atoms with Crippen LogP contribution < -0.4 is 4.90 Å². The van der Waals surface area contributed by atoms with Crippen molar-refractivity contribution < 1.29 is 9.90 Å². The summed E-state index contributed by atoms with van der Waals surface area (Å²) in [7, 11) is 0. The molecule has 0 saturated heterocycles. The van der Waals surface area contributed by atoms with E-state index in [1.807, 2.05) is 79.7 Å². The van der Waals surface area contributed by atoms with Crippen LogP contribution in [-0.2, 0) is 11.2 Å². The predicted octanol–water partition coefficient (Wildman–Crippen LogP) is 5.00. The minimum atomic E-state index is 0.0279. The number of rotatable bonds is 5. The molecule has 0 bridgehead atoms. The van der Waals surface area contributed by atoms with Crippen molar-refractivity contribution in [1.29, 1.82) is 0 Å². The van der Waals surface area contributed by atoms with Crippen LogP contribution in [0.25, 0.3) is 0 Å². The summed E-state index contributed by atoms with van der Waals surface area (Å²) in [5.74, 6) is 0.299. The van der Waals surface area contributed by atoms with E-state index in [4.69, 9.17) is 0 Å². The third-order valence-electron chi connectivity index (χ3n) is 4.30. The van der Waals surface area contributed by atoms with Gasteiger partial charge in [0.1, 0.15) is 5.75 Å². The highest BCUT2D eigenvalue weighted by molar-refractivity contribution is 6.00. The molecule has 126 valence electrons. The molecule has 0 aliphatic carbocycles. The van der Waals surface area contributed by atoms with Gasteiger partial charge in [0.25, 0.3) is 0 Å². The van der Waals surface area contributed by atoms with Crippen molar-refractivity contribution in [3.05, 3.63) is 90.0 Å². The van der Waals surface area contributed by atoms with E-state index >= 15 is 0 Å². The number of carbonyl (C=O) groups is 1. The lowest BCUT2D eigenvalue weighted by Crippen LogP contribution is -2.26. The standard InChI is InChI=1S/C22H21NO2/c1-17-18(9-8-14-21(17)24)15-16-22(25)23(19-10-4-2-5-11-19)20-12-6-3-7-13-20/h2-14,24H,15-16H2,1H3. The zero-order chi connectivity index (χ0) is 17.6. The summed E-state index contributed by atoms with van der Waals surface area (Å²) in [5, 5.41) is 9.84. The average molecular weight is 331 g/mol. The van der Waals surface area contributed by atoms with E-state index in [9.17, 15) is 9.90 Å². The molecule has 0 heterocycles. The van der Waals surface area contributed by atoms with Gasteiger partial charge < -0.3 is 5.11 Å². The monoisotopic (exact) mass is 331 g/mol. The van der Waals surface area contributed by atoms with Crippen molar-refractivity contribution in [2.24, 2.45) is 0 Å². The Hall–Kier alpha value is -3.07. The fourth-order valence-electron chi connectivity index (χ4n) is 2.89. The second kappa shape index (κ2) is 7.67. The van der Waals surface area contributed by atoms with Gasteiger partial charge in [-0.3, -0.25) is 9.69 Å². The Morgan fingerprint density at radius 2 is 1.40 bits per heavy atom. The van der Waals surface area contributed by atoms with E-state index in [2.05, 4.69) is 0 Å². The molecule has 0 aromatic heterocycles. The zero-order valence-electron chi connectivity index (χ0n) is 14.2. The van der Waals surface area contributed by atoms with Crippen LogP contribution in [0, 0.1) is 6.92 Å². The fourth-order valence-corrected chi connectivity index (χ4v) is 2.89. The number of hydrogen-bond acceptors (Lipinski definition) is 2. The van der Waals surface area contributed by atoms with Gasteiger partial charge in [0.15, 0.2) is 0 Å². The summed E-state index contributed by atoms with van der Waals surface area (Å²) < 4.78 is 0. The Balaban J connectivity index is 1.84. The predicted molar refractivity (Wildman–Crippen MR) is 101 cm³/mol. The number of phenols is 1. The van der Waals surface area contributed by atoms with Crippen molar-refractivity contribution >= 4 is 17.3 Å². The van der Waals surface area contributed by atoms with E-state index in [1.165, 1.54) is 0 Å². The van der Waals surface area contributed by atoms with Gasteiger partial charge >= 0.3 is 0 Å². The minimum absolute atomic E-state index is 0.0279. The Morgan fingerprint density at radius 1 is 0.840 bits per heavy atom. The van der Waals surface area contributed by atoms with Crippen molar-refractivity contribution in [3.8, 4) is 5.75 Å². The summed E-state index contributed by atoms with van der Waals surface area (Å²) in [6.45, 7) is 1.88. The number of anilines is 2. The average Bonchev–Trinajstić information content (AvgIpc) is 2.65. The van der Waals surface area contributed by atoms with Crippen LogP contribution in [0.5, 0.6) is 5.75 Å². The van der Waals surface area contributed by atoms with Gasteiger partial charge in [0, 0.05) is 17.8 Å².